The van der Waals surface area contributed by atoms with Crippen molar-refractivity contribution in [3.63, 3.8) is 0 Å². The number of fused-ring (bicyclic) bond motifs is 3. The molecule has 0 spiro atoms. The molecule has 1 aliphatic rings. The van der Waals surface area contributed by atoms with Gasteiger partial charge in [0.1, 0.15) is 0 Å². The third-order valence-electron chi connectivity index (χ3n) is 6.08. The van der Waals surface area contributed by atoms with E-state index in [1.165, 1.54) is 22.3 Å². The van der Waals surface area contributed by atoms with Crippen molar-refractivity contribution in [1.29, 1.82) is 0 Å². The molecule has 2 heteroatoms. The van der Waals surface area contributed by atoms with Crippen molar-refractivity contribution in [3.05, 3.63) is 95.7 Å². The molecule has 3 aromatic carbocycles. The Morgan fingerprint density at radius 3 is 2.24 bits per heavy atom. The molecule has 1 unspecified atom stereocenters. The van der Waals surface area contributed by atoms with Crippen LogP contribution in [0.15, 0.2) is 83.9 Å². The first-order chi connectivity index (χ1) is 14.1. The Balaban J connectivity index is 1.83. The van der Waals surface area contributed by atoms with E-state index in [9.17, 15) is 0 Å². The van der Waals surface area contributed by atoms with E-state index in [2.05, 4.69) is 99.6 Å². The number of hydrogen-bond donors (Lipinski definition) is 0. The molecular weight excluding hydrogens is 352 g/mol. The minimum absolute atomic E-state index is 0.102. The van der Waals surface area contributed by atoms with Crippen LogP contribution < -0.4 is 0 Å². The summed E-state index contributed by atoms with van der Waals surface area (Å²) in [6.07, 6.45) is 0.923. The molecule has 4 aromatic rings. The molecular formula is C27H24N2. The fourth-order valence-corrected chi connectivity index (χ4v) is 4.72. The van der Waals surface area contributed by atoms with Crippen LogP contribution in [0, 0.1) is 6.92 Å². The molecule has 2 nitrogen and oxygen atoms in total. The Hall–Kier alpha value is -3.26. The van der Waals surface area contributed by atoms with E-state index in [1.54, 1.807) is 0 Å². The van der Waals surface area contributed by atoms with Gasteiger partial charge in [0, 0.05) is 22.2 Å². The van der Waals surface area contributed by atoms with Crippen LogP contribution in [0.4, 0.5) is 5.69 Å². The number of rotatable bonds is 2. The molecule has 1 aliphatic heterocycles. The number of nitrogens with zero attached hydrogens (tertiary/aromatic N) is 2. The summed E-state index contributed by atoms with van der Waals surface area (Å²) in [5.41, 5.74) is 9.12. The van der Waals surface area contributed by atoms with Gasteiger partial charge in [0.15, 0.2) is 0 Å². The predicted molar refractivity (Wildman–Crippen MR) is 122 cm³/mol. The summed E-state index contributed by atoms with van der Waals surface area (Å²) >= 11 is 0. The topological polar surface area (TPSA) is 25.2 Å². The van der Waals surface area contributed by atoms with E-state index in [0.29, 0.717) is 0 Å². The molecule has 0 amide bonds. The van der Waals surface area contributed by atoms with Gasteiger partial charge in [-0.3, -0.25) is 9.98 Å². The first-order valence-electron chi connectivity index (χ1n) is 10.2. The molecule has 0 fully saturated rings. The van der Waals surface area contributed by atoms with Crippen LogP contribution in [0.25, 0.3) is 22.0 Å². The van der Waals surface area contributed by atoms with E-state index in [1.807, 2.05) is 0 Å². The molecule has 5 rings (SSSR count). The molecule has 2 heterocycles. The molecule has 0 saturated carbocycles. The van der Waals surface area contributed by atoms with Crippen molar-refractivity contribution in [2.75, 3.05) is 0 Å². The summed E-state index contributed by atoms with van der Waals surface area (Å²) in [5.74, 6) is 0. The zero-order chi connectivity index (χ0) is 20.0. The van der Waals surface area contributed by atoms with Crippen LogP contribution in [0.2, 0.25) is 0 Å². The van der Waals surface area contributed by atoms with E-state index < -0.39 is 0 Å². The Morgan fingerprint density at radius 1 is 0.828 bits per heavy atom. The maximum atomic E-state index is 5.02. The van der Waals surface area contributed by atoms with Crippen molar-refractivity contribution < 1.29 is 0 Å². The van der Waals surface area contributed by atoms with Gasteiger partial charge in [0.05, 0.1) is 11.2 Å². The highest BCUT2D eigenvalue weighted by molar-refractivity contribution is 6.04. The summed E-state index contributed by atoms with van der Waals surface area (Å²) < 4.78 is 0. The molecule has 29 heavy (non-hydrogen) atoms. The normalized spacial score (nSPS) is 18.4. The van der Waals surface area contributed by atoms with Crippen LogP contribution in [0.5, 0.6) is 0 Å². The first kappa shape index (κ1) is 17.8. The van der Waals surface area contributed by atoms with Gasteiger partial charge in [0.2, 0.25) is 0 Å². The lowest BCUT2D eigenvalue weighted by Crippen LogP contribution is -2.29. The minimum atomic E-state index is -0.102. The Bertz CT molecular complexity index is 1240. The van der Waals surface area contributed by atoms with E-state index in [-0.39, 0.29) is 5.41 Å². The van der Waals surface area contributed by atoms with Crippen molar-refractivity contribution >= 4 is 22.3 Å². The zero-order valence-corrected chi connectivity index (χ0v) is 17.1. The summed E-state index contributed by atoms with van der Waals surface area (Å²) in [6.45, 7) is 6.54. The van der Waals surface area contributed by atoms with Crippen molar-refractivity contribution in [2.45, 2.75) is 32.6 Å². The summed E-state index contributed by atoms with van der Waals surface area (Å²) in [5, 5.41) is 1.16. The number of hydrogen-bond acceptors (Lipinski definition) is 2. The Kier molecular flexibility index (Phi) is 4.09. The van der Waals surface area contributed by atoms with Gasteiger partial charge in [-0.1, -0.05) is 79.7 Å². The van der Waals surface area contributed by atoms with Gasteiger partial charge in [0.25, 0.3) is 0 Å². The number of aliphatic imine (C=N–C) groups is 1. The molecule has 142 valence electrons. The van der Waals surface area contributed by atoms with Gasteiger partial charge < -0.3 is 0 Å². The van der Waals surface area contributed by atoms with Gasteiger partial charge in [-0.15, -0.1) is 0 Å². The number of benzene rings is 3. The monoisotopic (exact) mass is 376 g/mol. The standard InChI is InChI=1S/C27H24N2/c1-18-16-23(20-10-6-4-7-11-20)22-14-15-24-26(25(22)28-18)29-19(2)17-27(24,3)21-12-8-5-9-13-21/h4-16H,17H2,1-3H3. The summed E-state index contributed by atoms with van der Waals surface area (Å²) in [4.78, 5) is 9.99. The second kappa shape index (κ2) is 6.66. The lowest BCUT2D eigenvalue weighted by atomic mass is 9.70. The van der Waals surface area contributed by atoms with Crippen LogP contribution in [0.3, 0.4) is 0 Å². The average Bonchev–Trinajstić information content (AvgIpc) is 2.74. The van der Waals surface area contributed by atoms with Crippen LogP contribution in [0.1, 0.15) is 37.1 Å². The summed E-state index contributed by atoms with van der Waals surface area (Å²) in [7, 11) is 0. The highest BCUT2D eigenvalue weighted by Crippen LogP contribution is 2.47. The van der Waals surface area contributed by atoms with Gasteiger partial charge in [-0.25, -0.2) is 0 Å². The molecule has 1 aromatic heterocycles. The lowest BCUT2D eigenvalue weighted by molar-refractivity contribution is 0.590. The third-order valence-corrected chi connectivity index (χ3v) is 6.08. The van der Waals surface area contributed by atoms with E-state index in [4.69, 9.17) is 9.98 Å². The lowest BCUT2D eigenvalue weighted by Gasteiger charge is -2.35. The largest absolute Gasteiger partial charge is 0.255 e. The fourth-order valence-electron chi connectivity index (χ4n) is 4.72. The van der Waals surface area contributed by atoms with Crippen LogP contribution >= 0.6 is 0 Å². The van der Waals surface area contributed by atoms with Crippen LogP contribution in [-0.4, -0.2) is 10.7 Å². The number of pyridine rings is 1. The van der Waals surface area contributed by atoms with Crippen LogP contribution in [-0.2, 0) is 5.41 Å². The van der Waals surface area contributed by atoms with Gasteiger partial charge >= 0.3 is 0 Å². The minimum Gasteiger partial charge on any atom is -0.255 e. The van der Waals surface area contributed by atoms with Crippen molar-refractivity contribution in [3.8, 4) is 11.1 Å². The second-order valence-electron chi connectivity index (χ2n) is 8.26. The quantitative estimate of drug-likeness (QED) is 0.369. The molecule has 0 saturated heterocycles. The van der Waals surface area contributed by atoms with Crippen molar-refractivity contribution in [2.24, 2.45) is 4.99 Å². The number of aryl methyl sites for hydroxylation is 1. The Labute approximate surface area is 172 Å². The average molecular weight is 377 g/mol. The van der Waals surface area contributed by atoms with E-state index in [0.717, 1.165) is 34.4 Å². The molecule has 0 radical (unpaired) electrons. The third kappa shape index (κ3) is 2.87. The maximum absolute atomic E-state index is 5.02. The highest BCUT2D eigenvalue weighted by Gasteiger charge is 2.35. The molecule has 0 aliphatic carbocycles. The molecule has 1 atom stereocenters. The van der Waals surface area contributed by atoms with E-state index >= 15 is 0 Å². The smallest absolute Gasteiger partial charge is 0.0970 e. The predicted octanol–water partition coefficient (Wildman–Crippen LogP) is 7.01. The van der Waals surface area contributed by atoms with Crippen molar-refractivity contribution in [1.82, 2.24) is 4.98 Å². The highest BCUT2D eigenvalue weighted by atomic mass is 14.8. The van der Waals surface area contributed by atoms with Gasteiger partial charge in [-0.05, 0) is 48.6 Å². The summed E-state index contributed by atoms with van der Waals surface area (Å²) in [6, 6.07) is 28.0. The Morgan fingerprint density at radius 2 is 1.52 bits per heavy atom. The fraction of sp³-hybridized carbons (Fsp3) is 0.185. The zero-order valence-electron chi connectivity index (χ0n) is 17.1. The SMILES string of the molecule is CC1=Nc2c(ccc3c(-c4ccccc4)cc(C)nc23)C(C)(c2ccccc2)C1. The number of aromatic nitrogens is 1. The molecule has 0 bridgehead atoms. The second-order valence-corrected chi connectivity index (χ2v) is 8.26. The maximum Gasteiger partial charge on any atom is 0.0970 e. The van der Waals surface area contributed by atoms with Gasteiger partial charge in [-0.2, -0.15) is 0 Å². The first-order valence-corrected chi connectivity index (χ1v) is 10.2. The molecule has 0 N–H and O–H groups in total.